The second kappa shape index (κ2) is 11.1. The summed E-state index contributed by atoms with van der Waals surface area (Å²) >= 11 is 0. The SMILES string of the molecule is CC(=O)NC(CC(=O)NC(Cc1ccccc1)Cc1cccnc1)c1c(F)cccc1F. The van der Waals surface area contributed by atoms with Crippen LogP contribution in [0.15, 0.2) is 73.1 Å². The second-order valence-electron chi connectivity index (χ2n) is 7.61. The third-order valence-corrected chi connectivity index (χ3v) is 5.01. The largest absolute Gasteiger partial charge is 0.353 e. The van der Waals surface area contributed by atoms with E-state index >= 15 is 0 Å². The molecular weight excluding hydrogens is 412 g/mol. The van der Waals surface area contributed by atoms with E-state index in [1.807, 2.05) is 42.5 Å². The summed E-state index contributed by atoms with van der Waals surface area (Å²) in [7, 11) is 0. The number of halogens is 2. The van der Waals surface area contributed by atoms with E-state index in [1.165, 1.54) is 13.0 Å². The number of amides is 2. The van der Waals surface area contributed by atoms with Crippen molar-refractivity contribution in [1.29, 1.82) is 0 Å². The molecule has 1 heterocycles. The molecule has 0 fully saturated rings. The van der Waals surface area contributed by atoms with Gasteiger partial charge in [-0.25, -0.2) is 8.78 Å². The number of rotatable bonds is 9. The average molecular weight is 437 g/mol. The van der Waals surface area contributed by atoms with Crippen LogP contribution in [-0.4, -0.2) is 22.8 Å². The molecule has 0 aliphatic carbocycles. The number of nitrogens with zero attached hydrogens (tertiary/aromatic N) is 1. The Bertz CT molecular complexity index is 984. The third kappa shape index (κ3) is 6.70. The van der Waals surface area contributed by atoms with Gasteiger partial charge in [-0.15, -0.1) is 0 Å². The molecule has 2 atom stereocenters. The lowest BCUT2D eigenvalue weighted by molar-refractivity contribution is -0.123. The zero-order valence-electron chi connectivity index (χ0n) is 17.7. The maximum atomic E-state index is 14.3. The quantitative estimate of drug-likeness (QED) is 0.534. The molecule has 0 aliphatic heterocycles. The Hall–Kier alpha value is -3.61. The number of hydrogen-bond donors (Lipinski definition) is 2. The monoisotopic (exact) mass is 437 g/mol. The van der Waals surface area contributed by atoms with Crippen LogP contribution in [0.4, 0.5) is 8.78 Å². The smallest absolute Gasteiger partial charge is 0.222 e. The van der Waals surface area contributed by atoms with Crippen LogP contribution in [0.2, 0.25) is 0 Å². The normalized spacial score (nSPS) is 12.6. The van der Waals surface area contributed by atoms with Gasteiger partial charge in [0.1, 0.15) is 11.6 Å². The summed E-state index contributed by atoms with van der Waals surface area (Å²) in [5, 5.41) is 5.46. The number of pyridine rings is 1. The van der Waals surface area contributed by atoms with E-state index < -0.39 is 29.5 Å². The predicted octanol–water partition coefficient (Wildman–Crippen LogP) is 3.90. The highest BCUT2D eigenvalue weighted by molar-refractivity contribution is 5.79. The molecule has 2 unspecified atom stereocenters. The number of hydrogen-bond acceptors (Lipinski definition) is 3. The summed E-state index contributed by atoms with van der Waals surface area (Å²) in [6, 6.07) is 15.5. The molecule has 3 rings (SSSR count). The minimum atomic E-state index is -1.12. The lowest BCUT2D eigenvalue weighted by Crippen LogP contribution is -2.40. The van der Waals surface area contributed by atoms with Crippen LogP contribution in [-0.2, 0) is 22.4 Å². The first-order valence-electron chi connectivity index (χ1n) is 10.4. The fourth-order valence-corrected chi connectivity index (χ4v) is 3.66. The van der Waals surface area contributed by atoms with Crippen LogP contribution in [0.5, 0.6) is 0 Å². The van der Waals surface area contributed by atoms with Gasteiger partial charge in [0.15, 0.2) is 0 Å². The van der Waals surface area contributed by atoms with Gasteiger partial charge in [-0.2, -0.15) is 0 Å². The fraction of sp³-hybridized carbons (Fsp3) is 0.240. The molecule has 2 N–H and O–H groups in total. The Morgan fingerprint density at radius 1 is 0.875 bits per heavy atom. The molecule has 0 aliphatic rings. The molecule has 7 heteroatoms. The molecule has 2 aromatic carbocycles. The molecule has 0 bridgehead atoms. The van der Waals surface area contributed by atoms with E-state index in [0.29, 0.717) is 12.8 Å². The highest BCUT2D eigenvalue weighted by atomic mass is 19.1. The highest BCUT2D eigenvalue weighted by Crippen LogP contribution is 2.24. The molecule has 166 valence electrons. The third-order valence-electron chi connectivity index (χ3n) is 5.01. The Balaban J connectivity index is 1.77. The van der Waals surface area contributed by atoms with E-state index in [9.17, 15) is 18.4 Å². The number of benzene rings is 2. The zero-order valence-corrected chi connectivity index (χ0v) is 17.7. The van der Waals surface area contributed by atoms with Gasteiger partial charge in [-0.05, 0) is 42.2 Å². The lowest BCUT2D eigenvalue weighted by Gasteiger charge is -2.23. The van der Waals surface area contributed by atoms with Gasteiger partial charge in [-0.3, -0.25) is 14.6 Å². The first kappa shape index (κ1) is 23.1. The summed E-state index contributed by atoms with van der Waals surface area (Å²) in [5.41, 5.74) is 1.66. The minimum Gasteiger partial charge on any atom is -0.353 e. The molecule has 0 spiro atoms. The minimum absolute atomic E-state index is 0.266. The fourth-order valence-electron chi connectivity index (χ4n) is 3.66. The number of nitrogens with one attached hydrogen (secondary N) is 2. The topological polar surface area (TPSA) is 71.1 Å². The number of carbonyl (C=O) groups is 2. The van der Waals surface area contributed by atoms with Crippen molar-refractivity contribution < 1.29 is 18.4 Å². The van der Waals surface area contributed by atoms with E-state index in [1.54, 1.807) is 12.4 Å². The van der Waals surface area contributed by atoms with Crippen LogP contribution in [0, 0.1) is 11.6 Å². The molecule has 32 heavy (non-hydrogen) atoms. The van der Waals surface area contributed by atoms with Gasteiger partial charge >= 0.3 is 0 Å². The Labute approximate surface area is 185 Å². The Kier molecular flexibility index (Phi) is 8.02. The molecule has 5 nitrogen and oxygen atoms in total. The van der Waals surface area contributed by atoms with Gasteiger partial charge in [0, 0.05) is 30.9 Å². The van der Waals surface area contributed by atoms with Crippen molar-refractivity contribution in [3.63, 3.8) is 0 Å². The van der Waals surface area contributed by atoms with Crippen LogP contribution in [0.3, 0.4) is 0 Å². The lowest BCUT2D eigenvalue weighted by atomic mass is 9.98. The van der Waals surface area contributed by atoms with Crippen molar-refractivity contribution in [2.45, 2.75) is 38.3 Å². The van der Waals surface area contributed by atoms with Gasteiger partial charge < -0.3 is 10.6 Å². The average Bonchev–Trinajstić information content (AvgIpc) is 2.74. The van der Waals surface area contributed by atoms with Gasteiger partial charge in [0.2, 0.25) is 11.8 Å². The Morgan fingerprint density at radius 3 is 2.16 bits per heavy atom. The van der Waals surface area contributed by atoms with Crippen molar-refractivity contribution in [1.82, 2.24) is 15.6 Å². The summed E-state index contributed by atoms with van der Waals surface area (Å²) < 4.78 is 28.6. The maximum absolute atomic E-state index is 14.3. The van der Waals surface area contributed by atoms with E-state index in [4.69, 9.17) is 0 Å². The van der Waals surface area contributed by atoms with Crippen LogP contribution >= 0.6 is 0 Å². The van der Waals surface area contributed by atoms with E-state index in [-0.39, 0.29) is 18.0 Å². The zero-order chi connectivity index (χ0) is 22.9. The molecule has 0 saturated heterocycles. The first-order valence-corrected chi connectivity index (χ1v) is 10.4. The van der Waals surface area contributed by atoms with Gasteiger partial charge in [0.25, 0.3) is 0 Å². The van der Waals surface area contributed by atoms with E-state index in [2.05, 4.69) is 15.6 Å². The molecule has 0 radical (unpaired) electrons. The van der Waals surface area contributed by atoms with E-state index in [0.717, 1.165) is 23.3 Å². The van der Waals surface area contributed by atoms with Gasteiger partial charge in [0.05, 0.1) is 12.5 Å². The number of carbonyl (C=O) groups excluding carboxylic acids is 2. The van der Waals surface area contributed by atoms with Gasteiger partial charge in [-0.1, -0.05) is 42.5 Å². The second-order valence-corrected chi connectivity index (χ2v) is 7.61. The summed E-state index contributed by atoms with van der Waals surface area (Å²) in [6.07, 6.45) is 4.22. The predicted molar refractivity (Wildman–Crippen MR) is 118 cm³/mol. The Morgan fingerprint density at radius 2 is 1.53 bits per heavy atom. The standard InChI is InChI=1S/C25H25F2N3O2/c1-17(31)29-23(25-21(26)10-5-11-22(25)27)15-24(32)30-20(13-18-7-3-2-4-8-18)14-19-9-6-12-28-16-19/h2-12,16,20,23H,13-15H2,1H3,(H,29,31)(H,30,32). The first-order chi connectivity index (χ1) is 15.4. The molecule has 0 saturated carbocycles. The molecule has 2 amide bonds. The van der Waals surface area contributed by atoms with Crippen LogP contribution in [0.1, 0.15) is 36.1 Å². The summed E-state index contributed by atoms with van der Waals surface area (Å²) in [4.78, 5) is 28.7. The molecule has 3 aromatic rings. The van der Waals surface area contributed by atoms with Crippen molar-refractivity contribution in [3.05, 3.63) is 101 Å². The highest BCUT2D eigenvalue weighted by Gasteiger charge is 2.25. The summed E-state index contributed by atoms with van der Waals surface area (Å²) in [5.74, 6) is -2.53. The summed E-state index contributed by atoms with van der Waals surface area (Å²) in [6.45, 7) is 1.24. The molecule has 1 aromatic heterocycles. The number of aromatic nitrogens is 1. The van der Waals surface area contributed by atoms with Crippen molar-refractivity contribution in [2.24, 2.45) is 0 Å². The molecular formula is C25H25F2N3O2. The van der Waals surface area contributed by atoms with Crippen molar-refractivity contribution >= 4 is 11.8 Å². The van der Waals surface area contributed by atoms with Crippen molar-refractivity contribution in [2.75, 3.05) is 0 Å². The van der Waals surface area contributed by atoms with Crippen molar-refractivity contribution in [3.8, 4) is 0 Å². The maximum Gasteiger partial charge on any atom is 0.222 e. The van der Waals surface area contributed by atoms with Crippen LogP contribution < -0.4 is 10.6 Å². The van der Waals surface area contributed by atoms with Crippen LogP contribution in [0.25, 0.3) is 0 Å².